The van der Waals surface area contributed by atoms with Crippen molar-refractivity contribution in [1.29, 1.82) is 0 Å². The SMILES string of the molecule is CC(NS(=O)(=O)c1cccnc1Cl)c1ccc(Cl)cc1. The molecule has 0 saturated carbocycles. The largest absolute Gasteiger partial charge is 0.244 e. The number of halogens is 2. The number of nitrogens with one attached hydrogen (secondary N) is 1. The van der Waals surface area contributed by atoms with Gasteiger partial charge in [-0.2, -0.15) is 0 Å². The third-order valence-electron chi connectivity index (χ3n) is 2.72. The van der Waals surface area contributed by atoms with Crippen molar-refractivity contribution in [2.24, 2.45) is 0 Å². The summed E-state index contributed by atoms with van der Waals surface area (Å²) in [6.07, 6.45) is 1.43. The molecule has 1 aromatic carbocycles. The number of pyridine rings is 1. The van der Waals surface area contributed by atoms with Crippen LogP contribution in [0.3, 0.4) is 0 Å². The van der Waals surface area contributed by atoms with Gasteiger partial charge in [-0.05, 0) is 36.8 Å². The van der Waals surface area contributed by atoms with Gasteiger partial charge in [0.2, 0.25) is 10.0 Å². The van der Waals surface area contributed by atoms with E-state index in [9.17, 15) is 8.42 Å². The zero-order valence-electron chi connectivity index (χ0n) is 10.5. The van der Waals surface area contributed by atoms with Crippen molar-refractivity contribution in [3.8, 4) is 0 Å². The average Bonchev–Trinajstić information content (AvgIpc) is 2.39. The van der Waals surface area contributed by atoms with Crippen molar-refractivity contribution >= 4 is 33.2 Å². The van der Waals surface area contributed by atoms with Gasteiger partial charge in [-0.15, -0.1) is 0 Å². The van der Waals surface area contributed by atoms with E-state index < -0.39 is 16.1 Å². The van der Waals surface area contributed by atoms with Crippen molar-refractivity contribution in [3.05, 3.63) is 58.3 Å². The van der Waals surface area contributed by atoms with Gasteiger partial charge in [0, 0.05) is 17.3 Å². The molecule has 20 heavy (non-hydrogen) atoms. The molecule has 1 aromatic heterocycles. The molecule has 0 aliphatic rings. The van der Waals surface area contributed by atoms with Crippen molar-refractivity contribution in [2.75, 3.05) is 0 Å². The minimum atomic E-state index is -3.73. The Morgan fingerprint density at radius 1 is 1.15 bits per heavy atom. The first kappa shape index (κ1) is 15.3. The van der Waals surface area contributed by atoms with E-state index >= 15 is 0 Å². The van der Waals surface area contributed by atoms with E-state index in [0.29, 0.717) is 5.02 Å². The molecule has 106 valence electrons. The molecular weight excluding hydrogens is 319 g/mol. The monoisotopic (exact) mass is 330 g/mol. The van der Waals surface area contributed by atoms with Crippen LogP contribution in [0, 0.1) is 0 Å². The van der Waals surface area contributed by atoms with E-state index in [0.717, 1.165) is 5.56 Å². The Labute approximate surface area is 127 Å². The van der Waals surface area contributed by atoms with Gasteiger partial charge in [0.05, 0.1) is 0 Å². The van der Waals surface area contributed by atoms with Gasteiger partial charge in [0.1, 0.15) is 10.0 Å². The molecule has 0 aliphatic heterocycles. The summed E-state index contributed by atoms with van der Waals surface area (Å²) in [7, 11) is -3.73. The zero-order chi connectivity index (χ0) is 14.8. The van der Waals surface area contributed by atoms with Crippen molar-refractivity contribution in [1.82, 2.24) is 9.71 Å². The molecule has 0 saturated heterocycles. The minimum absolute atomic E-state index is 0.0394. The summed E-state index contributed by atoms with van der Waals surface area (Å²) < 4.78 is 27.0. The first-order valence-electron chi connectivity index (χ1n) is 5.78. The molecule has 0 aliphatic carbocycles. The third kappa shape index (κ3) is 3.49. The lowest BCUT2D eigenvalue weighted by Gasteiger charge is -2.15. The fraction of sp³-hybridized carbons (Fsp3) is 0.154. The van der Waals surface area contributed by atoms with Gasteiger partial charge in [0.15, 0.2) is 0 Å². The van der Waals surface area contributed by atoms with Crippen LogP contribution in [0.1, 0.15) is 18.5 Å². The number of rotatable bonds is 4. The number of benzene rings is 1. The molecule has 1 N–H and O–H groups in total. The fourth-order valence-corrected chi connectivity index (χ4v) is 3.50. The molecule has 1 unspecified atom stereocenters. The smallest absolute Gasteiger partial charge is 0.243 e. The van der Waals surface area contributed by atoms with E-state index in [1.54, 1.807) is 31.2 Å². The Balaban J connectivity index is 2.24. The first-order chi connectivity index (χ1) is 9.40. The second-order valence-electron chi connectivity index (χ2n) is 4.19. The second kappa shape index (κ2) is 6.10. The molecule has 0 amide bonds. The molecule has 7 heteroatoms. The predicted octanol–water partition coefficient (Wildman–Crippen LogP) is 3.43. The molecule has 1 heterocycles. The van der Waals surface area contributed by atoms with Crippen LogP contribution in [-0.4, -0.2) is 13.4 Å². The van der Waals surface area contributed by atoms with Crippen molar-refractivity contribution in [2.45, 2.75) is 17.9 Å². The van der Waals surface area contributed by atoms with Crippen LogP contribution in [0.25, 0.3) is 0 Å². The Kier molecular flexibility index (Phi) is 4.65. The topological polar surface area (TPSA) is 59.1 Å². The zero-order valence-corrected chi connectivity index (χ0v) is 12.9. The highest BCUT2D eigenvalue weighted by atomic mass is 35.5. The lowest BCUT2D eigenvalue weighted by atomic mass is 10.1. The van der Waals surface area contributed by atoms with E-state index in [4.69, 9.17) is 23.2 Å². The molecule has 0 bridgehead atoms. The minimum Gasteiger partial charge on any atom is -0.243 e. The quantitative estimate of drug-likeness (QED) is 0.873. The number of nitrogens with zero attached hydrogens (tertiary/aromatic N) is 1. The van der Waals surface area contributed by atoms with Gasteiger partial charge < -0.3 is 0 Å². The van der Waals surface area contributed by atoms with Crippen molar-refractivity contribution in [3.63, 3.8) is 0 Å². The van der Waals surface area contributed by atoms with Crippen LogP contribution in [0.15, 0.2) is 47.5 Å². The van der Waals surface area contributed by atoms with Gasteiger partial charge in [-0.25, -0.2) is 18.1 Å². The van der Waals surface area contributed by atoms with Gasteiger partial charge >= 0.3 is 0 Å². The normalized spacial score (nSPS) is 13.2. The number of hydrogen-bond donors (Lipinski definition) is 1. The molecule has 0 spiro atoms. The number of hydrogen-bond acceptors (Lipinski definition) is 3. The van der Waals surface area contributed by atoms with E-state index in [2.05, 4.69) is 9.71 Å². The number of aromatic nitrogens is 1. The highest BCUT2D eigenvalue weighted by Gasteiger charge is 2.21. The van der Waals surface area contributed by atoms with Crippen LogP contribution in [0.5, 0.6) is 0 Å². The fourth-order valence-electron chi connectivity index (χ4n) is 1.69. The standard InChI is InChI=1S/C13H12Cl2N2O2S/c1-9(10-4-6-11(14)7-5-10)17-20(18,19)12-3-2-8-16-13(12)15/h2-9,17H,1H3. The summed E-state index contributed by atoms with van der Waals surface area (Å²) in [5.41, 5.74) is 0.804. The van der Waals surface area contributed by atoms with E-state index in [-0.39, 0.29) is 10.0 Å². The maximum absolute atomic E-state index is 12.2. The maximum Gasteiger partial charge on any atom is 0.244 e. The van der Waals surface area contributed by atoms with Crippen molar-refractivity contribution < 1.29 is 8.42 Å². The molecule has 2 aromatic rings. The molecule has 1 atom stereocenters. The lowest BCUT2D eigenvalue weighted by molar-refractivity contribution is 0.566. The molecule has 0 radical (unpaired) electrons. The molecule has 4 nitrogen and oxygen atoms in total. The van der Waals surface area contributed by atoms with Crippen LogP contribution in [-0.2, 0) is 10.0 Å². The van der Waals surface area contributed by atoms with Gasteiger partial charge in [-0.3, -0.25) is 0 Å². The number of sulfonamides is 1. The summed E-state index contributed by atoms with van der Waals surface area (Å²) in [6, 6.07) is 9.46. The average molecular weight is 331 g/mol. The molecule has 2 rings (SSSR count). The summed E-state index contributed by atoms with van der Waals surface area (Å²) in [4.78, 5) is 3.73. The van der Waals surface area contributed by atoms with Gasteiger partial charge in [0.25, 0.3) is 0 Å². The Bertz CT molecular complexity index is 703. The summed E-state index contributed by atoms with van der Waals surface area (Å²) in [5, 5.41) is 0.544. The lowest BCUT2D eigenvalue weighted by Crippen LogP contribution is -2.27. The molecule has 0 fully saturated rings. The van der Waals surface area contributed by atoms with Crippen LogP contribution in [0.2, 0.25) is 10.2 Å². The third-order valence-corrected chi connectivity index (χ3v) is 4.95. The van der Waals surface area contributed by atoms with Gasteiger partial charge in [-0.1, -0.05) is 35.3 Å². The summed E-state index contributed by atoms with van der Waals surface area (Å²) >= 11 is 11.6. The van der Waals surface area contributed by atoms with E-state index in [1.165, 1.54) is 18.3 Å². The highest BCUT2D eigenvalue weighted by molar-refractivity contribution is 7.89. The summed E-state index contributed by atoms with van der Waals surface area (Å²) in [6.45, 7) is 1.74. The predicted molar refractivity (Wildman–Crippen MR) is 79.4 cm³/mol. The van der Waals surface area contributed by atoms with E-state index in [1.807, 2.05) is 0 Å². The Morgan fingerprint density at radius 3 is 2.40 bits per heavy atom. The van der Waals surface area contributed by atoms with Crippen LogP contribution >= 0.6 is 23.2 Å². The Morgan fingerprint density at radius 2 is 1.80 bits per heavy atom. The molecular formula is C13H12Cl2N2O2S. The highest BCUT2D eigenvalue weighted by Crippen LogP contribution is 2.22. The Hall–Kier alpha value is -1.14. The van der Waals surface area contributed by atoms with Crippen LogP contribution in [0.4, 0.5) is 0 Å². The summed E-state index contributed by atoms with van der Waals surface area (Å²) in [5.74, 6) is 0. The first-order valence-corrected chi connectivity index (χ1v) is 8.02. The van der Waals surface area contributed by atoms with Crippen LogP contribution < -0.4 is 4.72 Å². The maximum atomic E-state index is 12.2. The second-order valence-corrected chi connectivity index (χ2v) is 6.66.